The number of ether oxygens (including phenoxy) is 2. The Labute approximate surface area is 280 Å². The maximum Gasteiger partial charge on any atom is 0.412 e. The number of fused-ring (bicyclic) bond motifs is 2. The maximum absolute atomic E-state index is 16.5. The zero-order valence-corrected chi connectivity index (χ0v) is 28.6. The fourth-order valence-electron chi connectivity index (χ4n) is 6.39. The molecule has 0 bridgehead atoms. The van der Waals surface area contributed by atoms with E-state index in [0.29, 0.717) is 29.6 Å². The molecular formula is C34H36F2N6O5S. The van der Waals surface area contributed by atoms with Gasteiger partial charge in [-0.3, -0.25) is 14.8 Å². The number of piperazine rings is 1. The van der Waals surface area contributed by atoms with Crippen LogP contribution in [0.1, 0.15) is 69.6 Å². The van der Waals surface area contributed by atoms with Crippen LogP contribution in [0.4, 0.5) is 23.4 Å². The number of nitriles is 1. The number of aromatic nitrogens is 2. The van der Waals surface area contributed by atoms with Crippen molar-refractivity contribution in [1.82, 2.24) is 19.6 Å². The average Bonchev–Trinajstić information content (AvgIpc) is 3.51. The van der Waals surface area contributed by atoms with Gasteiger partial charge in [-0.2, -0.15) is 10.4 Å². The number of hydrogen-bond acceptors (Lipinski definition) is 8. The molecule has 2 aliphatic rings. The van der Waals surface area contributed by atoms with E-state index in [9.17, 15) is 19.6 Å². The van der Waals surface area contributed by atoms with Crippen molar-refractivity contribution in [2.24, 2.45) is 0 Å². The average molecular weight is 679 g/mol. The van der Waals surface area contributed by atoms with Gasteiger partial charge in [0.15, 0.2) is 0 Å². The van der Waals surface area contributed by atoms with Crippen LogP contribution in [0.15, 0.2) is 18.2 Å². The third kappa shape index (κ3) is 5.91. The summed E-state index contributed by atoms with van der Waals surface area (Å²) in [6, 6.07) is 5.48. The van der Waals surface area contributed by atoms with Crippen molar-refractivity contribution in [2.45, 2.75) is 78.7 Å². The van der Waals surface area contributed by atoms with Crippen LogP contribution in [0, 0.1) is 29.9 Å². The second-order valence-corrected chi connectivity index (χ2v) is 15.0. The number of carbonyl (C=O) groups is 3. The van der Waals surface area contributed by atoms with Crippen molar-refractivity contribution in [3.63, 3.8) is 0 Å². The first-order valence-corrected chi connectivity index (χ1v) is 16.4. The molecule has 252 valence electrons. The van der Waals surface area contributed by atoms with Gasteiger partial charge in [-0.15, -0.1) is 11.3 Å². The molecule has 4 heterocycles. The standard InChI is InChI=1S/C34H36F2N6O5S/c1-17-24-26(19-8-9-22(35)28-25(19)21(15-37)29(48-28)38-31(44)46-33(2,3)4)23(36)14-20-27(24)42(39-17)11-10-18-16-40(12-13-41(18)30(20)43)32(45)47-34(5,6)7/h8-9,14,18H,10-13,16H2,1-7H3,(H,38,44)/t18-/m1/s1. The fraction of sp³-hybridized carbons (Fsp3) is 0.441. The number of rotatable bonds is 2. The van der Waals surface area contributed by atoms with Crippen molar-refractivity contribution in [3.05, 3.63) is 46.7 Å². The number of aryl methyl sites for hydroxylation is 2. The van der Waals surface area contributed by atoms with Crippen LogP contribution >= 0.6 is 11.3 Å². The summed E-state index contributed by atoms with van der Waals surface area (Å²) in [6.07, 6.45) is -0.789. The number of benzene rings is 2. The monoisotopic (exact) mass is 678 g/mol. The van der Waals surface area contributed by atoms with Gasteiger partial charge in [0.05, 0.1) is 33.1 Å². The van der Waals surface area contributed by atoms with Crippen LogP contribution in [0.25, 0.3) is 32.1 Å². The van der Waals surface area contributed by atoms with Crippen molar-refractivity contribution < 1.29 is 32.6 Å². The largest absolute Gasteiger partial charge is 0.444 e. The van der Waals surface area contributed by atoms with Gasteiger partial charge in [-0.25, -0.2) is 18.4 Å². The van der Waals surface area contributed by atoms with E-state index < -0.39 is 35.0 Å². The predicted octanol–water partition coefficient (Wildman–Crippen LogP) is 7.19. The first kappa shape index (κ1) is 33.1. The number of nitrogens with one attached hydrogen (secondary N) is 1. The molecule has 1 fully saturated rings. The zero-order chi connectivity index (χ0) is 34.9. The normalized spacial score (nSPS) is 16.8. The first-order valence-electron chi connectivity index (χ1n) is 15.6. The topological polar surface area (TPSA) is 130 Å². The van der Waals surface area contributed by atoms with Gasteiger partial charge >= 0.3 is 12.2 Å². The van der Waals surface area contributed by atoms with Crippen molar-refractivity contribution in [2.75, 3.05) is 25.0 Å². The summed E-state index contributed by atoms with van der Waals surface area (Å²) < 4.78 is 44.5. The van der Waals surface area contributed by atoms with Gasteiger partial charge in [0.25, 0.3) is 5.91 Å². The van der Waals surface area contributed by atoms with Crippen molar-refractivity contribution >= 4 is 55.4 Å². The van der Waals surface area contributed by atoms with Crippen molar-refractivity contribution in [3.8, 4) is 17.2 Å². The minimum atomic E-state index is -0.819. The van der Waals surface area contributed by atoms with E-state index in [4.69, 9.17) is 14.6 Å². The highest BCUT2D eigenvalue weighted by Crippen LogP contribution is 2.46. The predicted molar refractivity (Wildman–Crippen MR) is 177 cm³/mol. The van der Waals surface area contributed by atoms with E-state index in [1.165, 1.54) is 18.2 Å². The molecule has 1 saturated heterocycles. The molecule has 2 aromatic carbocycles. The Morgan fingerprint density at radius 3 is 2.40 bits per heavy atom. The number of nitrogens with zero attached hydrogens (tertiary/aromatic N) is 5. The molecule has 0 spiro atoms. The van der Waals surface area contributed by atoms with Crippen LogP contribution in [0.5, 0.6) is 0 Å². The zero-order valence-electron chi connectivity index (χ0n) is 27.8. The van der Waals surface area contributed by atoms with Crippen LogP contribution < -0.4 is 5.32 Å². The summed E-state index contributed by atoms with van der Waals surface area (Å²) in [6.45, 7) is 13.3. The minimum Gasteiger partial charge on any atom is -0.444 e. The molecule has 14 heteroatoms. The number of hydrogen-bond donors (Lipinski definition) is 1. The number of anilines is 1. The van der Waals surface area contributed by atoms with E-state index >= 15 is 8.78 Å². The van der Waals surface area contributed by atoms with Crippen LogP contribution in [0.3, 0.4) is 0 Å². The number of amides is 3. The van der Waals surface area contributed by atoms with Gasteiger partial charge in [0, 0.05) is 42.5 Å². The first-order chi connectivity index (χ1) is 22.5. The van der Waals surface area contributed by atoms with Crippen LogP contribution in [0.2, 0.25) is 0 Å². The van der Waals surface area contributed by atoms with E-state index in [0.717, 1.165) is 11.3 Å². The number of carbonyl (C=O) groups excluding carboxylic acids is 3. The second-order valence-electron chi connectivity index (χ2n) is 14.0. The smallest absolute Gasteiger partial charge is 0.412 e. The summed E-state index contributed by atoms with van der Waals surface area (Å²) >= 11 is 0.851. The molecule has 3 amide bonds. The molecule has 48 heavy (non-hydrogen) atoms. The molecule has 11 nitrogen and oxygen atoms in total. The second kappa shape index (κ2) is 11.7. The lowest BCUT2D eigenvalue weighted by atomic mass is 9.92. The Bertz CT molecular complexity index is 2050. The third-order valence-corrected chi connectivity index (χ3v) is 9.34. The lowest BCUT2D eigenvalue weighted by Crippen LogP contribution is -2.57. The molecule has 1 atom stereocenters. The van der Waals surface area contributed by atoms with Gasteiger partial charge in [-0.05, 0) is 72.6 Å². The van der Waals surface area contributed by atoms with Crippen LogP contribution in [-0.2, 0) is 16.0 Å². The Kier molecular flexibility index (Phi) is 8.10. The maximum atomic E-state index is 16.5. The summed E-state index contributed by atoms with van der Waals surface area (Å²) in [4.78, 5) is 42.8. The molecule has 2 aliphatic heterocycles. The van der Waals surface area contributed by atoms with E-state index in [1.54, 1.807) is 62.9 Å². The molecule has 0 unspecified atom stereocenters. The molecule has 4 aromatic rings. The summed E-state index contributed by atoms with van der Waals surface area (Å²) in [5.74, 6) is -1.78. The molecule has 0 radical (unpaired) electrons. The SMILES string of the molecule is Cc1nn2c3c(cc(F)c(-c4ccc(F)c5sc(NC(=O)OC(C)(C)C)c(C#N)c45)c13)C(=O)N1CCN(C(=O)OC(C)(C)C)C[C@H]1CC2. The van der Waals surface area contributed by atoms with E-state index in [1.807, 2.05) is 0 Å². The number of halogens is 2. The quantitative estimate of drug-likeness (QED) is 0.238. The van der Waals surface area contributed by atoms with Gasteiger partial charge < -0.3 is 19.3 Å². The summed E-state index contributed by atoms with van der Waals surface area (Å²) in [5, 5.41) is 18.0. The molecule has 6 rings (SSSR count). The van der Waals surface area contributed by atoms with Gasteiger partial charge in [0.1, 0.15) is 33.9 Å². The van der Waals surface area contributed by atoms with E-state index in [-0.39, 0.29) is 68.9 Å². The molecule has 1 N–H and O–H groups in total. The lowest BCUT2D eigenvalue weighted by Gasteiger charge is -2.42. The number of thiophene rings is 1. The highest BCUT2D eigenvalue weighted by Gasteiger charge is 2.38. The highest BCUT2D eigenvalue weighted by atomic mass is 32.1. The Hall–Kier alpha value is -4.77. The fourth-order valence-corrected chi connectivity index (χ4v) is 7.46. The summed E-state index contributed by atoms with van der Waals surface area (Å²) in [7, 11) is 0. The molecule has 0 aliphatic carbocycles. The van der Waals surface area contributed by atoms with Gasteiger partial charge in [-0.1, -0.05) is 6.07 Å². The van der Waals surface area contributed by atoms with E-state index in [2.05, 4.69) is 11.4 Å². The summed E-state index contributed by atoms with van der Waals surface area (Å²) in [5.41, 5.74) is -0.229. The Morgan fingerprint density at radius 2 is 1.73 bits per heavy atom. The lowest BCUT2D eigenvalue weighted by molar-refractivity contribution is 0.00275. The third-order valence-electron chi connectivity index (χ3n) is 8.23. The van der Waals surface area contributed by atoms with Crippen molar-refractivity contribution in [1.29, 1.82) is 5.26 Å². The van der Waals surface area contributed by atoms with Crippen LogP contribution in [-0.4, -0.2) is 74.6 Å². The highest BCUT2D eigenvalue weighted by molar-refractivity contribution is 7.23. The molecule has 2 aromatic heterocycles. The Balaban J connectivity index is 1.45. The van der Waals surface area contributed by atoms with Gasteiger partial charge in [0.2, 0.25) is 0 Å². The minimum absolute atomic E-state index is 0.0417. The Morgan fingerprint density at radius 1 is 1.02 bits per heavy atom. The molecular weight excluding hydrogens is 642 g/mol. The molecule has 0 saturated carbocycles.